The van der Waals surface area contributed by atoms with E-state index in [4.69, 9.17) is 4.42 Å². The van der Waals surface area contributed by atoms with Crippen LogP contribution in [0.25, 0.3) is 88.0 Å². The van der Waals surface area contributed by atoms with Gasteiger partial charge in [-0.15, -0.1) is 0 Å². The minimum Gasteiger partial charge on any atom is -0.455 e. The van der Waals surface area contributed by atoms with Crippen molar-refractivity contribution in [3.63, 3.8) is 0 Å². The van der Waals surface area contributed by atoms with Gasteiger partial charge >= 0.3 is 0 Å². The molecular formula is C56H37NO. The molecule has 58 heavy (non-hydrogen) atoms. The molecule has 2 nitrogen and oxygen atoms in total. The number of nitrogens with zero attached hydrogens (tertiary/aromatic N) is 1. The Bertz CT molecular complexity index is 3700. The molecule has 0 N–H and O–H groups in total. The minimum absolute atomic E-state index is 0.0966. The normalized spacial score (nSPS) is 13.4. The van der Waals surface area contributed by atoms with Gasteiger partial charge in [-0.25, -0.2) is 0 Å². The molecule has 1 aromatic heterocycles. The Hall–Kier alpha value is -7.68. The van der Waals surface area contributed by atoms with Gasteiger partial charge in [0.2, 0.25) is 0 Å². The average Bonchev–Trinajstić information content (AvgIpc) is 3.75. The Labute approximate surface area is 348 Å². The maximum Gasteiger partial charge on any atom is 0.143 e. The van der Waals surface area contributed by atoms with Crippen molar-refractivity contribution in [2.75, 3.05) is 4.90 Å². The van der Waals surface area contributed by atoms with Crippen LogP contribution in [-0.2, 0) is 0 Å². The first kappa shape index (κ1) is 26.2. The van der Waals surface area contributed by atoms with Gasteiger partial charge in [0.15, 0.2) is 0 Å². The van der Waals surface area contributed by atoms with Crippen LogP contribution in [0.3, 0.4) is 0 Å². The van der Waals surface area contributed by atoms with Crippen LogP contribution in [0.4, 0.5) is 17.1 Å². The van der Waals surface area contributed by atoms with Gasteiger partial charge in [-0.2, -0.15) is 0 Å². The van der Waals surface area contributed by atoms with Crippen LogP contribution < -0.4 is 4.90 Å². The molecule has 0 amide bonds. The summed E-state index contributed by atoms with van der Waals surface area (Å²) < 4.78 is 82.8. The van der Waals surface area contributed by atoms with Crippen molar-refractivity contribution < 1.29 is 15.4 Å². The lowest BCUT2D eigenvalue weighted by Gasteiger charge is -2.26. The van der Waals surface area contributed by atoms with E-state index in [1.165, 1.54) is 4.90 Å². The highest BCUT2D eigenvalue weighted by molar-refractivity contribution is 6.19. The second-order valence-corrected chi connectivity index (χ2v) is 14.3. The molecule has 0 radical (unpaired) electrons. The summed E-state index contributed by atoms with van der Waals surface area (Å²) in [6.45, 7) is 0. The summed E-state index contributed by atoms with van der Waals surface area (Å²) in [7, 11) is 0. The molecule has 0 bridgehead atoms. The van der Waals surface area contributed by atoms with Crippen molar-refractivity contribution in [1.29, 1.82) is 0 Å². The Morgan fingerprint density at radius 2 is 0.914 bits per heavy atom. The van der Waals surface area contributed by atoms with Crippen LogP contribution in [0.2, 0.25) is 0 Å². The van der Waals surface area contributed by atoms with Gasteiger partial charge in [0.05, 0.1) is 11.0 Å². The second-order valence-electron chi connectivity index (χ2n) is 14.3. The zero-order valence-electron chi connectivity index (χ0n) is 39.1. The van der Waals surface area contributed by atoms with Gasteiger partial charge in [-0.3, -0.25) is 0 Å². The fourth-order valence-electron chi connectivity index (χ4n) is 7.91. The fourth-order valence-corrected chi connectivity index (χ4v) is 7.91. The van der Waals surface area contributed by atoms with Crippen LogP contribution in [-0.4, -0.2) is 0 Å². The molecule has 1 heterocycles. The molecule has 0 saturated heterocycles. The number of benzene rings is 10. The Morgan fingerprint density at radius 3 is 1.67 bits per heavy atom. The van der Waals surface area contributed by atoms with E-state index in [1.807, 2.05) is 140 Å². The Balaban J connectivity index is 1.13. The third kappa shape index (κ3) is 6.00. The first-order valence-electron chi connectivity index (χ1n) is 23.2. The van der Waals surface area contributed by atoms with E-state index in [2.05, 4.69) is 6.07 Å². The van der Waals surface area contributed by atoms with Crippen molar-refractivity contribution in [2.45, 2.75) is 0 Å². The smallest absolute Gasteiger partial charge is 0.143 e. The number of furan rings is 1. The van der Waals surface area contributed by atoms with Gasteiger partial charge in [-0.1, -0.05) is 170 Å². The largest absolute Gasteiger partial charge is 0.455 e. The maximum atomic E-state index is 9.63. The monoisotopic (exact) mass is 747 g/mol. The van der Waals surface area contributed by atoms with E-state index in [0.717, 1.165) is 54.6 Å². The molecule has 0 atom stereocenters. The van der Waals surface area contributed by atoms with E-state index in [0.29, 0.717) is 28.0 Å². The summed E-state index contributed by atoms with van der Waals surface area (Å²) in [5.41, 5.74) is 5.96. The van der Waals surface area contributed by atoms with Crippen molar-refractivity contribution in [1.82, 2.24) is 0 Å². The molecule has 0 aliphatic heterocycles. The first-order valence-corrected chi connectivity index (χ1v) is 19.2. The van der Waals surface area contributed by atoms with Gasteiger partial charge in [0, 0.05) is 33.2 Å². The predicted molar refractivity (Wildman–Crippen MR) is 245 cm³/mol. The third-order valence-corrected chi connectivity index (χ3v) is 10.8. The number of hydrogen-bond acceptors (Lipinski definition) is 2. The van der Waals surface area contributed by atoms with Gasteiger partial charge in [0.1, 0.15) is 11.2 Å². The summed E-state index contributed by atoms with van der Waals surface area (Å²) >= 11 is 0. The van der Waals surface area contributed by atoms with Crippen LogP contribution in [0, 0.1) is 0 Å². The molecule has 272 valence electrons. The van der Waals surface area contributed by atoms with Crippen LogP contribution in [0.15, 0.2) is 229 Å². The SMILES string of the molecule is [2H]c1c([2H])c(N(c2cccc(-c3cccc4oc5c6ccccc6ccc5c34)c2)c2c([2H])c([2H])c(-c3ccc4ccccc4c3)c([2H])c2[2H])c([2H])c([2H])c1-c1ccc(-c2ccccc2)cc1. The summed E-state index contributed by atoms with van der Waals surface area (Å²) in [4.78, 5) is 1.36. The summed E-state index contributed by atoms with van der Waals surface area (Å²) in [5.74, 6) is 0. The highest BCUT2D eigenvalue weighted by Crippen LogP contribution is 2.43. The van der Waals surface area contributed by atoms with Crippen LogP contribution in [0.1, 0.15) is 11.0 Å². The molecule has 11 aromatic rings. The lowest BCUT2D eigenvalue weighted by molar-refractivity contribution is 0.673. The topological polar surface area (TPSA) is 16.4 Å². The van der Waals surface area contributed by atoms with E-state index >= 15 is 0 Å². The van der Waals surface area contributed by atoms with Crippen molar-refractivity contribution in [2.24, 2.45) is 0 Å². The molecule has 0 aliphatic carbocycles. The summed E-state index contributed by atoms with van der Waals surface area (Å²) in [6, 6.07) is 52.7. The number of fused-ring (bicyclic) bond motifs is 6. The van der Waals surface area contributed by atoms with Crippen molar-refractivity contribution in [3.8, 4) is 44.5 Å². The van der Waals surface area contributed by atoms with Gasteiger partial charge in [0.25, 0.3) is 0 Å². The van der Waals surface area contributed by atoms with Gasteiger partial charge < -0.3 is 9.32 Å². The maximum absolute atomic E-state index is 9.63. The molecule has 0 fully saturated rings. The van der Waals surface area contributed by atoms with Crippen LogP contribution in [0.5, 0.6) is 0 Å². The first-order chi connectivity index (χ1) is 32.1. The number of anilines is 3. The molecule has 0 spiro atoms. The Kier molecular flexibility index (Phi) is 6.38. The third-order valence-electron chi connectivity index (χ3n) is 10.8. The number of rotatable bonds is 7. The highest BCUT2D eigenvalue weighted by atomic mass is 16.3. The van der Waals surface area contributed by atoms with Crippen LogP contribution >= 0.6 is 0 Å². The lowest BCUT2D eigenvalue weighted by atomic mass is 9.97. The summed E-state index contributed by atoms with van der Waals surface area (Å²) in [5, 5.41) is 5.65. The van der Waals surface area contributed by atoms with E-state index in [9.17, 15) is 11.0 Å². The second kappa shape index (κ2) is 14.1. The van der Waals surface area contributed by atoms with Crippen molar-refractivity contribution >= 4 is 60.5 Å². The molecule has 11 rings (SSSR count). The molecule has 0 aliphatic rings. The van der Waals surface area contributed by atoms with E-state index < -0.39 is 24.2 Å². The fraction of sp³-hybridized carbons (Fsp3) is 0. The average molecular weight is 748 g/mol. The lowest BCUT2D eigenvalue weighted by Crippen LogP contribution is -2.10. The quantitative estimate of drug-likeness (QED) is 0.161. The molecule has 0 saturated carbocycles. The van der Waals surface area contributed by atoms with E-state index in [-0.39, 0.29) is 46.7 Å². The highest BCUT2D eigenvalue weighted by Gasteiger charge is 2.18. The predicted octanol–water partition coefficient (Wildman–Crippen LogP) is 16.0. The van der Waals surface area contributed by atoms with E-state index in [1.54, 1.807) is 30.3 Å². The zero-order valence-corrected chi connectivity index (χ0v) is 31.1. The molecular weight excluding hydrogens is 703 g/mol. The Morgan fingerprint density at radius 1 is 0.345 bits per heavy atom. The molecule has 10 aromatic carbocycles. The molecule has 2 heteroatoms. The van der Waals surface area contributed by atoms with Crippen molar-refractivity contribution in [3.05, 3.63) is 224 Å². The zero-order chi connectivity index (χ0) is 45.4. The minimum atomic E-state index is -0.409. The standard InChI is InChI=1S/C56H37NO/c1-2-10-38(11-3-1)40-20-22-41(23-21-40)42-26-31-48(32-27-42)57(49-33-28-43(29-34-49)46-25-24-39-12-4-5-14-45(39)36-46)50-16-8-15-47(37-50)51-18-9-19-54-55(51)53-35-30-44-13-6-7-17-52(44)56(53)58-54/h1-37H/i26D,27D,28D,29D,31D,32D,33D,34D. The molecule has 0 unspecified atom stereocenters. The number of hydrogen-bond donors (Lipinski definition) is 0. The van der Waals surface area contributed by atoms with Gasteiger partial charge in [-0.05, 0) is 115 Å². The summed E-state index contributed by atoms with van der Waals surface area (Å²) in [6.07, 6.45) is 0.